The Hall–Kier alpha value is -0.690. The fourth-order valence-electron chi connectivity index (χ4n) is 3.16. The third-order valence-electron chi connectivity index (χ3n) is 4.34. The topological polar surface area (TPSA) is 59.5 Å². The van der Waals surface area contributed by atoms with E-state index < -0.39 is 9.84 Å². The highest BCUT2D eigenvalue weighted by atomic mass is 35.5. The molecule has 0 aliphatic carbocycles. The first-order valence-electron chi connectivity index (χ1n) is 7.68. The van der Waals surface area contributed by atoms with E-state index in [0.29, 0.717) is 18.0 Å². The molecule has 3 rings (SSSR count). The fraction of sp³-hybridized carbons (Fsp3) is 0.667. The maximum atomic E-state index is 11.8. The molecular formula is C15H21ClN2O3S. The third kappa shape index (κ3) is 4.19. The molecule has 5 nitrogen and oxygen atoms in total. The number of halogens is 1. The highest BCUT2D eigenvalue weighted by Gasteiger charge is 2.34. The number of ether oxygens (including phenoxy) is 1. The van der Waals surface area contributed by atoms with Crippen LogP contribution in [0.2, 0.25) is 5.02 Å². The smallest absolute Gasteiger partial charge is 0.151 e. The second kappa shape index (κ2) is 6.83. The molecule has 3 heterocycles. The van der Waals surface area contributed by atoms with Gasteiger partial charge in [-0.15, -0.1) is 0 Å². The van der Waals surface area contributed by atoms with Crippen LogP contribution in [-0.2, 0) is 21.1 Å². The molecular weight excluding hydrogens is 324 g/mol. The maximum absolute atomic E-state index is 11.8. The summed E-state index contributed by atoms with van der Waals surface area (Å²) in [4.78, 5) is 6.56. The highest BCUT2D eigenvalue weighted by molar-refractivity contribution is 7.91. The van der Waals surface area contributed by atoms with Crippen LogP contribution in [0.15, 0.2) is 18.3 Å². The zero-order valence-corrected chi connectivity index (χ0v) is 14.0. The van der Waals surface area contributed by atoms with Crippen molar-refractivity contribution in [2.24, 2.45) is 0 Å². The number of sulfone groups is 1. The van der Waals surface area contributed by atoms with E-state index in [1.807, 2.05) is 12.1 Å². The van der Waals surface area contributed by atoms with Gasteiger partial charge in [0, 0.05) is 31.9 Å². The van der Waals surface area contributed by atoms with E-state index in [4.69, 9.17) is 16.3 Å². The van der Waals surface area contributed by atoms with E-state index in [9.17, 15) is 8.42 Å². The Morgan fingerprint density at radius 1 is 1.36 bits per heavy atom. The van der Waals surface area contributed by atoms with Gasteiger partial charge in [0.2, 0.25) is 0 Å². The van der Waals surface area contributed by atoms with Crippen LogP contribution in [0.4, 0.5) is 0 Å². The largest absolute Gasteiger partial charge is 0.377 e. The van der Waals surface area contributed by atoms with E-state index in [-0.39, 0.29) is 23.7 Å². The Labute approximate surface area is 136 Å². The van der Waals surface area contributed by atoms with Crippen molar-refractivity contribution in [3.63, 3.8) is 0 Å². The lowest BCUT2D eigenvalue weighted by Crippen LogP contribution is -2.40. The molecule has 0 N–H and O–H groups in total. The molecule has 122 valence electrons. The SMILES string of the molecule is O=S1(=O)CC[C@H](N(Cc2ccc(Cl)cn2)C[C@@H]2CCCO2)C1. The molecule has 0 saturated carbocycles. The van der Waals surface area contributed by atoms with Gasteiger partial charge in [0.1, 0.15) is 0 Å². The number of hydrogen-bond acceptors (Lipinski definition) is 5. The summed E-state index contributed by atoms with van der Waals surface area (Å²) < 4.78 is 29.3. The second-order valence-electron chi connectivity index (χ2n) is 6.09. The Balaban J connectivity index is 1.71. The van der Waals surface area contributed by atoms with Crippen LogP contribution in [0.1, 0.15) is 25.0 Å². The van der Waals surface area contributed by atoms with Crippen LogP contribution in [-0.4, -0.2) is 55.1 Å². The van der Waals surface area contributed by atoms with Crippen LogP contribution in [0, 0.1) is 0 Å². The lowest BCUT2D eigenvalue weighted by molar-refractivity contribution is 0.0569. The molecule has 0 aromatic carbocycles. The number of nitrogens with zero attached hydrogens (tertiary/aromatic N) is 2. The van der Waals surface area contributed by atoms with Crippen molar-refractivity contribution >= 4 is 21.4 Å². The lowest BCUT2D eigenvalue weighted by Gasteiger charge is -2.29. The summed E-state index contributed by atoms with van der Waals surface area (Å²) in [5.41, 5.74) is 0.909. The number of aromatic nitrogens is 1. The van der Waals surface area contributed by atoms with E-state index in [1.54, 1.807) is 6.20 Å². The lowest BCUT2D eigenvalue weighted by atomic mass is 10.1. The molecule has 0 spiro atoms. The van der Waals surface area contributed by atoms with Crippen molar-refractivity contribution in [3.8, 4) is 0 Å². The molecule has 2 atom stereocenters. The zero-order chi connectivity index (χ0) is 15.6. The van der Waals surface area contributed by atoms with Crippen molar-refractivity contribution in [2.75, 3.05) is 24.7 Å². The molecule has 22 heavy (non-hydrogen) atoms. The third-order valence-corrected chi connectivity index (χ3v) is 6.31. The van der Waals surface area contributed by atoms with Crippen molar-refractivity contribution < 1.29 is 13.2 Å². The summed E-state index contributed by atoms with van der Waals surface area (Å²) in [6.07, 6.45) is 4.66. The second-order valence-corrected chi connectivity index (χ2v) is 8.75. The molecule has 2 saturated heterocycles. The van der Waals surface area contributed by atoms with Crippen molar-refractivity contribution in [2.45, 2.75) is 38.0 Å². The highest BCUT2D eigenvalue weighted by Crippen LogP contribution is 2.23. The molecule has 0 amide bonds. The van der Waals surface area contributed by atoms with Gasteiger partial charge in [-0.25, -0.2) is 8.42 Å². The Kier molecular flexibility index (Phi) is 5.02. The minimum atomic E-state index is -2.90. The number of rotatable bonds is 5. The Morgan fingerprint density at radius 2 is 2.23 bits per heavy atom. The van der Waals surface area contributed by atoms with Crippen LogP contribution in [0.25, 0.3) is 0 Å². The van der Waals surface area contributed by atoms with Gasteiger partial charge in [-0.2, -0.15) is 0 Å². The van der Waals surface area contributed by atoms with E-state index in [2.05, 4.69) is 9.88 Å². The maximum Gasteiger partial charge on any atom is 0.151 e. The minimum Gasteiger partial charge on any atom is -0.377 e. The fourth-order valence-corrected chi connectivity index (χ4v) is 5.04. The standard InChI is InChI=1S/C15H21ClN2O3S/c16-12-3-4-13(17-8-12)9-18(10-15-2-1-6-21-15)14-5-7-22(19,20)11-14/h3-4,8,14-15H,1-2,5-7,9-11H2/t14-,15-/m0/s1. The Morgan fingerprint density at radius 3 is 2.82 bits per heavy atom. The summed E-state index contributed by atoms with van der Waals surface area (Å²) in [7, 11) is -2.90. The molecule has 2 aliphatic heterocycles. The van der Waals surface area contributed by atoms with Crippen LogP contribution < -0.4 is 0 Å². The van der Waals surface area contributed by atoms with Crippen LogP contribution in [0.3, 0.4) is 0 Å². The van der Waals surface area contributed by atoms with Crippen LogP contribution in [0.5, 0.6) is 0 Å². The van der Waals surface area contributed by atoms with Crippen LogP contribution >= 0.6 is 11.6 Å². The number of hydrogen-bond donors (Lipinski definition) is 0. The van der Waals surface area contributed by atoms with Crippen molar-refractivity contribution in [3.05, 3.63) is 29.0 Å². The predicted molar refractivity (Wildman–Crippen MR) is 85.7 cm³/mol. The summed E-state index contributed by atoms with van der Waals surface area (Å²) in [6.45, 7) is 2.21. The van der Waals surface area contributed by atoms with E-state index in [0.717, 1.165) is 31.7 Å². The normalized spacial score (nSPS) is 27.5. The average Bonchev–Trinajstić information content (AvgIpc) is 3.10. The van der Waals surface area contributed by atoms with Crippen molar-refractivity contribution in [1.82, 2.24) is 9.88 Å². The van der Waals surface area contributed by atoms with Gasteiger partial charge < -0.3 is 4.74 Å². The first-order valence-corrected chi connectivity index (χ1v) is 9.88. The molecule has 1 aromatic heterocycles. The quantitative estimate of drug-likeness (QED) is 0.816. The van der Waals surface area contributed by atoms with Gasteiger partial charge >= 0.3 is 0 Å². The van der Waals surface area contributed by atoms with Gasteiger partial charge in [-0.1, -0.05) is 11.6 Å². The van der Waals surface area contributed by atoms with Gasteiger partial charge in [-0.3, -0.25) is 9.88 Å². The van der Waals surface area contributed by atoms with E-state index in [1.165, 1.54) is 0 Å². The predicted octanol–water partition coefficient (Wildman–Crippen LogP) is 1.90. The average molecular weight is 345 g/mol. The Bertz CT molecular complexity index is 600. The number of pyridine rings is 1. The first-order chi connectivity index (χ1) is 10.5. The minimum absolute atomic E-state index is 0.0617. The van der Waals surface area contributed by atoms with E-state index >= 15 is 0 Å². The molecule has 0 unspecified atom stereocenters. The molecule has 0 radical (unpaired) electrons. The first kappa shape index (κ1) is 16.2. The zero-order valence-electron chi connectivity index (χ0n) is 12.4. The molecule has 0 bridgehead atoms. The summed E-state index contributed by atoms with van der Waals surface area (Å²) in [5, 5.41) is 0.609. The summed E-state index contributed by atoms with van der Waals surface area (Å²) in [5.74, 6) is 0.529. The molecule has 2 fully saturated rings. The van der Waals surface area contributed by atoms with Crippen molar-refractivity contribution in [1.29, 1.82) is 0 Å². The van der Waals surface area contributed by atoms with Gasteiger partial charge in [0.25, 0.3) is 0 Å². The van der Waals surface area contributed by atoms with Gasteiger partial charge in [-0.05, 0) is 31.4 Å². The monoisotopic (exact) mass is 344 g/mol. The molecule has 2 aliphatic rings. The van der Waals surface area contributed by atoms with Gasteiger partial charge in [0.05, 0.1) is 28.3 Å². The molecule has 7 heteroatoms. The molecule has 1 aromatic rings. The summed E-state index contributed by atoms with van der Waals surface area (Å²) >= 11 is 5.87. The van der Waals surface area contributed by atoms with Gasteiger partial charge in [0.15, 0.2) is 9.84 Å². The summed E-state index contributed by atoms with van der Waals surface area (Å²) in [6, 6.07) is 3.78.